The van der Waals surface area contributed by atoms with Crippen molar-refractivity contribution in [1.29, 1.82) is 0 Å². The quantitative estimate of drug-likeness (QED) is 0.312. The van der Waals surface area contributed by atoms with Gasteiger partial charge in [-0.25, -0.2) is 0 Å². The molecule has 45 heavy (non-hydrogen) atoms. The molecule has 2 N–H and O–H groups in total. The van der Waals surface area contributed by atoms with Crippen LogP contribution in [0.4, 0.5) is 52.7 Å². The Morgan fingerprint density at radius 3 is 1.40 bits per heavy atom. The van der Waals surface area contributed by atoms with Crippen molar-refractivity contribution in [2.24, 2.45) is 0 Å². The van der Waals surface area contributed by atoms with Gasteiger partial charge in [0.15, 0.2) is 0 Å². The molecule has 0 saturated heterocycles. The van der Waals surface area contributed by atoms with Gasteiger partial charge in [0.2, 0.25) is 0 Å². The van der Waals surface area contributed by atoms with Gasteiger partial charge in [0, 0.05) is 39.3 Å². The van der Waals surface area contributed by atoms with E-state index >= 15 is 0 Å². The van der Waals surface area contributed by atoms with Crippen molar-refractivity contribution in [1.82, 2.24) is 20.0 Å². The van der Waals surface area contributed by atoms with Gasteiger partial charge in [-0.15, -0.1) is 0 Å². The van der Waals surface area contributed by atoms with Crippen molar-refractivity contribution in [2.45, 2.75) is 44.1 Å². The van der Waals surface area contributed by atoms with E-state index in [0.29, 0.717) is 5.56 Å². The molecular weight excluding hydrogens is 652 g/mol. The van der Waals surface area contributed by atoms with E-state index in [9.17, 15) is 71.9 Å². The largest absolute Gasteiger partial charge is 0.471 e. The molecule has 1 atom stereocenters. The zero-order valence-corrected chi connectivity index (χ0v) is 23.0. The maximum Gasteiger partial charge on any atom is 0.471 e. The van der Waals surface area contributed by atoms with Crippen molar-refractivity contribution in [3.05, 3.63) is 35.4 Å². The molecule has 0 aliphatic rings. The first-order valence-electron chi connectivity index (χ1n) is 12.5. The maximum atomic E-state index is 13.4. The Bertz CT molecular complexity index is 1170. The van der Waals surface area contributed by atoms with Gasteiger partial charge in [0.1, 0.15) is 0 Å². The number of nitrogens with one attached hydrogen (secondary N) is 1. The molecule has 0 heterocycles. The number of halogens is 12. The lowest BCUT2D eigenvalue weighted by Crippen LogP contribution is -2.55. The highest BCUT2D eigenvalue weighted by Crippen LogP contribution is 2.23. The Labute approximate surface area is 246 Å². The van der Waals surface area contributed by atoms with Crippen molar-refractivity contribution in [3.63, 3.8) is 0 Å². The first-order valence-corrected chi connectivity index (χ1v) is 12.5. The molecule has 0 fully saturated rings. The van der Waals surface area contributed by atoms with Crippen LogP contribution in [-0.2, 0) is 25.6 Å². The number of hydrogen-bond donors (Lipinski definition) is 2. The monoisotopic (exact) mass is 678 g/mol. The molecular formula is C24H26F12N4O5. The van der Waals surface area contributed by atoms with Crippen LogP contribution in [0.2, 0.25) is 0 Å². The van der Waals surface area contributed by atoms with Gasteiger partial charge >= 0.3 is 48.3 Å². The molecule has 0 aliphatic heterocycles. The molecule has 1 unspecified atom stereocenters. The summed E-state index contributed by atoms with van der Waals surface area (Å²) in [6, 6.07) is 3.68. The number of aliphatic hydroxyl groups excluding tert-OH is 1. The number of alkyl halides is 12. The molecule has 21 heteroatoms. The molecule has 0 bridgehead atoms. The van der Waals surface area contributed by atoms with Gasteiger partial charge in [-0.05, 0) is 18.9 Å². The number of nitrogens with zero attached hydrogens (tertiary/aromatic N) is 3. The van der Waals surface area contributed by atoms with Crippen LogP contribution < -0.4 is 5.32 Å². The predicted molar refractivity (Wildman–Crippen MR) is 128 cm³/mol. The molecule has 1 rings (SSSR count). The number of benzene rings is 1. The van der Waals surface area contributed by atoms with Crippen molar-refractivity contribution in [3.8, 4) is 0 Å². The number of carbonyl (C=O) groups is 4. The third-order valence-electron chi connectivity index (χ3n) is 5.87. The van der Waals surface area contributed by atoms with E-state index < -0.39 is 107 Å². The highest BCUT2D eigenvalue weighted by molar-refractivity contribution is 5.84. The van der Waals surface area contributed by atoms with E-state index in [2.05, 4.69) is 0 Å². The van der Waals surface area contributed by atoms with Crippen molar-refractivity contribution >= 4 is 23.6 Å². The predicted octanol–water partition coefficient (Wildman–Crippen LogP) is 2.75. The molecule has 1 aromatic rings. The lowest BCUT2D eigenvalue weighted by molar-refractivity contribution is -0.191. The fraction of sp³-hybridized carbons (Fsp3) is 0.583. The van der Waals surface area contributed by atoms with Crippen LogP contribution in [0.15, 0.2) is 24.3 Å². The minimum absolute atomic E-state index is 0.166. The van der Waals surface area contributed by atoms with Crippen LogP contribution in [-0.4, -0.2) is 120 Å². The molecule has 9 nitrogen and oxygen atoms in total. The van der Waals surface area contributed by atoms with E-state index in [1.807, 2.05) is 0 Å². The first kappa shape index (κ1) is 39.2. The van der Waals surface area contributed by atoms with E-state index in [4.69, 9.17) is 5.11 Å². The highest BCUT2D eigenvalue weighted by Gasteiger charge is 2.47. The summed E-state index contributed by atoms with van der Waals surface area (Å²) in [5, 5.41) is 10.3. The van der Waals surface area contributed by atoms with E-state index in [-0.39, 0.29) is 20.3 Å². The summed E-state index contributed by atoms with van der Waals surface area (Å²) in [5.74, 6) is -10.8. The van der Waals surface area contributed by atoms with Gasteiger partial charge in [-0.1, -0.05) is 29.8 Å². The fourth-order valence-electron chi connectivity index (χ4n) is 3.75. The minimum atomic E-state index is -5.75. The van der Waals surface area contributed by atoms with Crippen molar-refractivity contribution in [2.75, 3.05) is 45.9 Å². The van der Waals surface area contributed by atoms with Gasteiger partial charge in [0.05, 0.1) is 12.6 Å². The number of amides is 4. The highest BCUT2D eigenvalue weighted by atomic mass is 19.4. The molecule has 0 spiro atoms. The minimum Gasteiger partial charge on any atom is -0.395 e. The second-order valence-electron chi connectivity index (χ2n) is 9.41. The van der Waals surface area contributed by atoms with Crippen molar-refractivity contribution < 1.29 is 77.0 Å². The molecule has 256 valence electrons. The summed E-state index contributed by atoms with van der Waals surface area (Å²) >= 11 is 0. The number of rotatable bonds is 13. The van der Waals surface area contributed by atoms with Gasteiger partial charge < -0.3 is 25.1 Å². The summed E-state index contributed by atoms with van der Waals surface area (Å²) < 4.78 is 157. The number of aryl methyl sites for hydroxylation is 1. The Balaban J connectivity index is 3.38. The lowest BCUT2D eigenvalue weighted by Gasteiger charge is -2.33. The molecule has 0 saturated carbocycles. The second-order valence-corrected chi connectivity index (χ2v) is 9.41. The van der Waals surface area contributed by atoms with Crippen LogP contribution in [0.5, 0.6) is 0 Å². The Kier molecular flexibility index (Phi) is 13.5. The number of hydrogen-bond acceptors (Lipinski definition) is 5. The smallest absolute Gasteiger partial charge is 0.395 e. The van der Waals surface area contributed by atoms with Gasteiger partial charge in [-0.2, -0.15) is 52.7 Å². The summed E-state index contributed by atoms with van der Waals surface area (Å²) in [6.07, 6.45) is -23.2. The fourth-order valence-corrected chi connectivity index (χ4v) is 3.75. The maximum absolute atomic E-state index is 13.4. The molecule has 0 radical (unpaired) electrons. The summed E-state index contributed by atoms with van der Waals surface area (Å²) in [4.78, 5) is 46.4. The summed E-state index contributed by atoms with van der Waals surface area (Å²) in [5.41, 5.74) is 0.826. The topological polar surface area (TPSA) is 110 Å². The van der Waals surface area contributed by atoms with Gasteiger partial charge in [-0.3, -0.25) is 19.2 Å². The standard InChI is InChI=1S/C24H26F12N4O5/c1-14-2-4-15(5-3-14)12-16(37-17(42)21(25,26)27)13-40(20(45)24(34,35)36)9-8-38(18(43)22(28,29)30)6-7-39(10-11-41)19(44)23(31,32)33/h2-5,16,41H,6-13H2,1H3,(H,37,42). The van der Waals surface area contributed by atoms with Crippen LogP contribution in [0, 0.1) is 6.92 Å². The third kappa shape index (κ3) is 13.0. The lowest BCUT2D eigenvalue weighted by atomic mass is 10.0. The van der Waals surface area contributed by atoms with Crippen LogP contribution in [0.3, 0.4) is 0 Å². The zero-order chi connectivity index (χ0) is 35.0. The Hall–Kier alpha value is -3.78. The SMILES string of the molecule is Cc1ccc(CC(CN(CCN(CCN(CCO)C(=O)C(F)(F)F)C(=O)C(F)(F)F)C(=O)C(F)(F)F)NC(=O)C(F)(F)F)cc1. The van der Waals surface area contributed by atoms with Crippen LogP contribution in [0.1, 0.15) is 11.1 Å². The van der Waals surface area contributed by atoms with Gasteiger partial charge in [0.25, 0.3) is 0 Å². The molecule has 4 amide bonds. The van der Waals surface area contributed by atoms with E-state index in [0.717, 1.165) is 0 Å². The average Bonchev–Trinajstić information content (AvgIpc) is 2.89. The van der Waals surface area contributed by atoms with E-state index in [1.54, 1.807) is 6.92 Å². The normalized spacial score (nSPS) is 13.2. The van der Waals surface area contributed by atoms with E-state index in [1.165, 1.54) is 29.6 Å². The Morgan fingerprint density at radius 1 is 0.644 bits per heavy atom. The summed E-state index contributed by atoms with van der Waals surface area (Å²) in [7, 11) is 0. The number of aliphatic hydroxyl groups is 1. The molecule has 0 aromatic heterocycles. The molecule has 1 aromatic carbocycles. The summed E-state index contributed by atoms with van der Waals surface area (Å²) in [6.45, 7) is -7.52. The van der Waals surface area contributed by atoms with Crippen LogP contribution in [0.25, 0.3) is 0 Å². The van der Waals surface area contributed by atoms with Crippen LogP contribution >= 0.6 is 0 Å². The number of carbonyl (C=O) groups excluding carboxylic acids is 4. The second kappa shape index (κ2) is 15.5. The molecule has 0 aliphatic carbocycles. The zero-order valence-electron chi connectivity index (χ0n) is 23.0. The average molecular weight is 678 g/mol. The first-order chi connectivity index (χ1) is 20.4. The Morgan fingerprint density at radius 2 is 1.02 bits per heavy atom. The third-order valence-corrected chi connectivity index (χ3v) is 5.87.